The molecule has 0 N–H and O–H groups in total. The van der Waals surface area contributed by atoms with Crippen LogP contribution in [0.25, 0.3) is 0 Å². The molecule has 1 heterocycles. The third kappa shape index (κ3) is 3.61. The van der Waals surface area contributed by atoms with Crippen molar-refractivity contribution in [3.05, 3.63) is 41.6 Å². The summed E-state index contributed by atoms with van der Waals surface area (Å²) in [7, 11) is 5.23. The van der Waals surface area contributed by atoms with E-state index in [2.05, 4.69) is 0 Å². The normalized spacial score (nSPS) is 20.5. The number of ketones is 1. The van der Waals surface area contributed by atoms with E-state index in [1.165, 1.54) is 0 Å². The van der Waals surface area contributed by atoms with Gasteiger partial charge in [0.15, 0.2) is 5.78 Å². The largest absolute Gasteiger partial charge is 0.497 e. The van der Waals surface area contributed by atoms with Crippen LogP contribution in [0.3, 0.4) is 0 Å². The van der Waals surface area contributed by atoms with Crippen molar-refractivity contribution in [2.45, 2.75) is 38.8 Å². The summed E-state index contributed by atoms with van der Waals surface area (Å²) in [6.45, 7) is 5.97. The van der Waals surface area contributed by atoms with Crippen LogP contribution in [0.15, 0.2) is 36.0 Å². The van der Waals surface area contributed by atoms with Crippen molar-refractivity contribution < 1.29 is 14.3 Å². The minimum absolute atomic E-state index is 0.116. The second-order valence-corrected chi connectivity index (χ2v) is 7.27. The van der Waals surface area contributed by atoms with Crippen molar-refractivity contribution >= 4 is 11.7 Å². The van der Waals surface area contributed by atoms with Gasteiger partial charge in [-0.3, -0.25) is 9.59 Å². The Labute approximate surface area is 143 Å². The van der Waals surface area contributed by atoms with Gasteiger partial charge < -0.3 is 14.5 Å². The highest BCUT2D eigenvalue weighted by Gasteiger charge is 2.42. The van der Waals surface area contributed by atoms with Crippen LogP contribution in [0.5, 0.6) is 5.75 Å². The fraction of sp³-hybridized carbons (Fsp3) is 0.474. The summed E-state index contributed by atoms with van der Waals surface area (Å²) in [6, 6.07) is 7.29. The second-order valence-electron chi connectivity index (χ2n) is 7.27. The van der Waals surface area contributed by atoms with Gasteiger partial charge in [0.1, 0.15) is 5.75 Å². The Bertz CT molecular complexity index is 654. The first-order valence-electron chi connectivity index (χ1n) is 8.04. The summed E-state index contributed by atoms with van der Waals surface area (Å²) in [4.78, 5) is 29.1. The predicted octanol–water partition coefficient (Wildman–Crippen LogP) is 2.78. The van der Waals surface area contributed by atoms with E-state index in [0.29, 0.717) is 0 Å². The van der Waals surface area contributed by atoms with Crippen LogP contribution < -0.4 is 4.74 Å². The highest BCUT2D eigenvalue weighted by molar-refractivity contribution is 6.21. The van der Waals surface area contributed by atoms with Crippen LogP contribution in [0.4, 0.5) is 0 Å². The maximum atomic E-state index is 13.0. The molecule has 5 heteroatoms. The molecule has 0 aromatic heterocycles. The number of Topliss-reactive ketones (excluding diaryl/α,β-unsaturated/α-hetero) is 1. The van der Waals surface area contributed by atoms with E-state index >= 15 is 0 Å². The number of methoxy groups -OCH3 is 1. The summed E-state index contributed by atoms with van der Waals surface area (Å²) in [5.74, 6) is 0.422. The lowest BCUT2D eigenvalue weighted by atomic mass is 9.87. The minimum Gasteiger partial charge on any atom is -0.497 e. The molecule has 0 spiro atoms. The maximum absolute atomic E-state index is 13.0. The molecule has 130 valence electrons. The van der Waals surface area contributed by atoms with Crippen LogP contribution in [-0.4, -0.2) is 48.2 Å². The zero-order chi connectivity index (χ0) is 18.1. The van der Waals surface area contributed by atoms with Crippen LogP contribution >= 0.6 is 0 Å². The van der Waals surface area contributed by atoms with Gasteiger partial charge in [-0.05, 0) is 38.5 Å². The number of hydrogen-bond donors (Lipinski definition) is 0. The fourth-order valence-electron chi connectivity index (χ4n) is 3.02. The number of carbonyl (C=O) groups excluding carboxylic acids is 2. The van der Waals surface area contributed by atoms with Crippen molar-refractivity contribution in [3.8, 4) is 5.75 Å². The number of rotatable bonds is 3. The number of amides is 1. The van der Waals surface area contributed by atoms with E-state index in [1.54, 1.807) is 18.2 Å². The van der Waals surface area contributed by atoms with Crippen molar-refractivity contribution in [2.24, 2.45) is 0 Å². The molecular formula is C19H26N2O3. The van der Waals surface area contributed by atoms with Gasteiger partial charge in [-0.25, -0.2) is 0 Å². The van der Waals surface area contributed by atoms with Crippen LogP contribution in [0.1, 0.15) is 38.8 Å². The average Bonchev–Trinajstić information content (AvgIpc) is 2.49. The number of benzene rings is 1. The molecule has 1 aromatic carbocycles. The molecular weight excluding hydrogens is 304 g/mol. The monoisotopic (exact) mass is 330 g/mol. The lowest BCUT2D eigenvalue weighted by Gasteiger charge is -2.45. The first-order valence-corrected chi connectivity index (χ1v) is 8.04. The van der Waals surface area contributed by atoms with Crippen molar-refractivity contribution in [3.63, 3.8) is 0 Å². The first-order chi connectivity index (χ1) is 11.1. The lowest BCUT2D eigenvalue weighted by molar-refractivity contribution is -0.142. The summed E-state index contributed by atoms with van der Waals surface area (Å²) in [5.41, 5.74) is 0.796. The molecule has 0 radical (unpaired) electrons. The van der Waals surface area contributed by atoms with Gasteiger partial charge in [0.25, 0.3) is 5.91 Å². The van der Waals surface area contributed by atoms with E-state index in [9.17, 15) is 9.59 Å². The summed E-state index contributed by atoms with van der Waals surface area (Å²) < 4.78 is 5.19. The molecule has 1 amide bonds. The van der Waals surface area contributed by atoms with E-state index in [1.807, 2.05) is 64.0 Å². The average molecular weight is 330 g/mol. The molecule has 0 aliphatic carbocycles. The van der Waals surface area contributed by atoms with Gasteiger partial charge in [0.05, 0.1) is 18.7 Å². The molecule has 24 heavy (non-hydrogen) atoms. The number of piperidine rings is 1. The molecule has 1 aromatic rings. The topological polar surface area (TPSA) is 49.9 Å². The Balaban J connectivity index is 2.47. The summed E-state index contributed by atoms with van der Waals surface area (Å²) >= 11 is 0. The molecule has 2 rings (SSSR count). The van der Waals surface area contributed by atoms with E-state index in [-0.39, 0.29) is 29.7 Å². The molecule has 0 saturated carbocycles. The molecule has 1 aliphatic heterocycles. The standard InChI is InChI=1S/C19H26N2O3/c1-19(2,3)21-16(13-7-9-14(24-6)10-8-13)11-17(22)15(18(21)23)12-20(4)5/h7-10,12,16H,11H2,1-6H3/t16-/m0/s1. The van der Waals surface area contributed by atoms with Gasteiger partial charge in [-0.1, -0.05) is 12.1 Å². The van der Waals surface area contributed by atoms with Gasteiger partial charge in [-0.15, -0.1) is 0 Å². The minimum atomic E-state index is -0.395. The molecule has 0 bridgehead atoms. The maximum Gasteiger partial charge on any atom is 0.259 e. The molecule has 1 saturated heterocycles. The van der Waals surface area contributed by atoms with E-state index in [4.69, 9.17) is 4.74 Å². The number of carbonyl (C=O) groups is 2. The van der Waals surface area contributed by atoms with E-state index < -0.39 is 5.54 Å². The Morgan fingerprint density at radius 2 is 1.75 bits per heavy atom. The predicted molar refractivity (Wildman–Crippen MR) is 93.7 cm³/mol. The highest BCUT2D eigenvalue weighted by atomic mass is 16.5. The number of likely N-dealkylation sites (tertiary alicyclic amines) is 1. The Hall–Kier alpha value is -2.30. The third-order valence-electron chi connectivity index (χ3n) is 4.05. The smallest absolute Gasteiger partial charge is 0.259 e. The highest BCUT2D eigenvalue weighted by Crippen LogP contribution is 2.37. The molecule has 5 nitrogen and oxygen atoms in total. The van der Waals surface area contributed by atoms with Gasteiger partial charge in [0, 0.05) is 32.3 Å². The molecule has 0 unspecified atom stereocenters. The SMILES string of the molecule is COc1ccc([C@@H]2CC(=O)C(=CN(C)C)C(=O)N2C(C)(C)C)cc1. The van der Waals surface area contributed by atoms with Gasteiger partial charge in [0.2, 0.25) is 0 Å². The third-order valence-corrected chi connectivity index (χ3v) is 4.05. The number of nitrogens with zero attached hydrogens (tertiary/aromatic N) is 2. The Morgan fingerprint density at radius 3 is 2.21 bits per heavy atom. The molecule has 1 fully saturated rings. The van der Waals surface area contributed by atoms with Gasteiger partial charge >= 0.3 is 0 Å². The van der Waals surface area contributed by atoms with Crippen LogP contribution in [-0.2, 0) is 9.59 Å². The van der Waals surface area contributed by atoms with Crippen molar-refractivity contribution in [1.82, 2.24) is 9.80 Å². The quantitative estimate of drug-likeness (QED) is 0.632. The van der Waals surface area contributed by atoms with Crippen molar-refractivity contribution in [2.75, 3.05) is 21.2 Å². The lowest BCUT2D eigenvalue weighted by Crippen LogP contribution is -2.52. The fourth-order valence-corrected chi connectivity index (χ4v) is 3.02. The van der Waals surface area contributed by atoms with E-state index in [0.717, 1.165) is 11.3 Å². The molecule has 1 atom stereocenters. The Morgan fingerprint density at radius 1 is 1.17 bits per heavy atom. The Kier molecular flexibility index (Phi) is 5.02. The van der Waals surface area contributed by atoms with Crippen molar-refractivity contribution in [1.29, 1.82) is 0 Å². The zero-order valence-electron chi connectivity index (χ0n) is 15.3. The number of ether oxygens (including phenoxy) is 1. The number of hydrogen-bond acceptors (Lipinski definition) is 4. The summed E-state index contributed by atoms with van der Waals surface area (Å²) in [6.07, 6.45) is 1.91. The van der Waals surface area contributed by atoms with Crippen LogP contribution in [0.2, 0.25) is 0 Å². The van der Waals surface area contributed by atoms with Gasteiger partial charge in [-0.2, -0.15) is 0 Å². The zero-order valence-corrected chi connectivity index (χ0v) is 15.3. The van der Waals surface area contributed by atoms with Crippen LogP contribution in [0, 0.1) is 0 Å². The second kappa shape index (κ2) is 6.67. The summed E-state index contributed by atoms with van der Waals surface area (Å²) in [5, 5.41) is 0. The molecule has 1 aliphatic rings. The first kappa shape index (κ1) is 18.0.